The number of H-pyrrole nitrogens is 1. The average molecular weight is 697 g/mol. The third-order valence-corrected chi connectivity index (χ3v) is 11.0. The van der Waals surface area contributed by atoms with Crippen LogP contribution in [-0.4, -0.2) is 63.8 Å². The Balaban J connectivity index is 1.53. The fraction of sp³-hybridized carbons (Fsp3) is 0.548. The van der Waals surface area contributed by atoms with Crippen molar-refractivity contribution < 1.29 is 24.0 Å². The zero-order valence-electron chi connectivity index (χ0n) is 31.1. The zero-order chi connectivity index (χ0) is 36.7. The largest absolute Gasteiger partial charge is 0.354 e. The van der Waals surface area contributed by atoms with Crippen LogP contribution < -0.4 is 10.6 Å². The first-order chi connectivity index (χ1) is 24.5. The minimum Gasteiger partial charge on any atom is -0.354 e. The number of nitrogens with zero attached hydrogens (tertiary/aromatic N) is 1. The van der Waals surface area contributed by atoms with Crippen molar-refractivity contribution in [3.63, 3.8) is 0 Å². The molecule has 5 atom stereocenters. The van der Waals surface area contributed by atoms with Crippen LogP contribution in [0.2, 0.25) is 0 Å². The van der Waals surface area contributed by atoms with Crippen molar-refractivity contribution in [2.75, 3.05) is 6.54 Å². The predicted octanol–water partition coefficient (Wildman–Crippen LogP) is 6.91. The van der Waals surface area contributed by atoms with Crippen LogP contribution in [-0.2, 0) is 30.4 Å². The summed E-state index contributed by atoms with van der Waals surface area (Å²) in [4.78, 5) is 74.3. The second kappa shape index (κ2) is 17.3. The van der Waals surface area contributed by atoms with Gasteiger partial charge >= 0.3 is 0 Å². The van der Waals surface area contributed by atoms with Crippen LogP contribution in [0.3, 0.4) is 0 Å². The standard InChI is InChI=1S/C42H56N4O5/c1-6-28(5)38-42(51)46-20-14-13-19-36(46)37(48)24-29(15-9-8-10-16-31(47)7-2)40(49)44-35(41(50)45-38)25-33-32-17-11-12-18-34(32)43-39(33)30-22-26(3)21-27(4)23-30/h11-12,17-18,21-23,28-29,35-36,38,43H,6-10,13-16,19-20,24-25H2,1-5H3,(H,44,49)(H,45,50)/t28-,29-,35+,36-,38?/m1/s1. The van der Waals surface area contributed by atoms with Crippen LogP contribution in [0.5, 0.6) is 0 Å². The second-order valence-corrected chi connectivity index (χ2v) is 14.9. The van der Waals surface area contributed by atoms with Gasteiger partial charge in [-0.25, -0.2) is 0 Å². The summed E-state index contributed by atoms with van der Waals surface area (Å²) in [5.41, 5.74) is 5.94. The maximum atomic E-state index is 14.5. The van der Waals surface area contributed by atoms with Gasteiger partial charge in [0.05, 0.1) is 6.04 Å². The number of benzene rings is 2. The highest BCUT2D eigenvalue weighted by molar-refractivity contribution is 5.99. The minimum atomic E-state index is -0.989. The van der Waals surface area contributed by atoms with E-state index in [1.807, 2.05) is 45.0 Å². The number of hydrogen-bond donors (Lipinski definition) is 3. The summed E-state index contributed by atoms with van der Waals surface area (Å²) >= 11 is 0. The molecule has 2 aliphatic rings. The SMILES string of the molecule is CCC(=O)CCCCC[C@@H]1CC(=O)[C@H]2CCCCN2C(=O)C([C@H](C)CC)NC(=O)[C@H](Cc2c(-c3cc(C)cc(C)c3)[nH]c3ccccc23)NC1=O. The van der Waals surface area contributed by atoms with Gasteiger partial charge in [-0.2, -0.15) is 0 Å². The molecular formula is C42H56N4O5. The number of piperidine rings is 1. The molecule has 0 spiro atoms. The number of nitrogens with one attached hydrogen (secondary N) is 3. The first-order valence-corrected chi connectivity index (χ1v) is 19.1. The Hall–Kier alpha value is -4.27. The summed E-state index contributed by atoms with van der Waals surface area (Å²) in [5.74, 6) is -1.65. The fourth-order valence-corrected chi connectivity index (χ4v) is 7.90. The zero-order valence-corrected chi connectivity index (χ0v) is 31.1. The Bertz CT molecular complexity index is 1720. The Labute approximate surface area is 302 Å². The number of aromatic amines is 1. The molecule has 274 valence electrons. The van der Waals surface area contributed by atoms with Crippen LogP contribution in [0, 0.1) is 25.7 Å². The molecule has 1 aromatic heterocycles. The number of hydrogen-bond acceptors (Lipinski definition) is 5. The summed E-state index contributed by atoms with van der Waals surface area (Å²) < 4.78 is 0. The number of Topliss-reactive ketones (excluding diaryl/α,β-unsaturated/α-hetero) is 2. The Morgan fingerprint density at radius 2 is 1.67 bits per heavy atom. The quantitative estimate of drug-likeness (QED) is 0.177. The summed E-state index contributed by atoms with van der Waals surface area (Å²) in [5, 5.41) is 7.14. The molecule has 3 aromatic rings. The lowest BCUT2D eigenvalue weighted by Crippen LogP contribution is -2.61. The molecule has 3 heterocycles. The first-order valence-electron chi connectivity index (χ1n) is 19.1. The average Bonchev–Trinajstić information content (AvgIpc) is 3.49. The maximum Gasteiger partial charge on any atom is 0.246 e. The number of carbonyl (C=O) groups is 5. The number of rotatable bonds is 12. The van der Waals surface area contributed by atoms with Crippen molar-refractivity contribution in [1.29, 1.82) is 0 Å². The lowest BCUT2D eigenvalue weighted by atomic mass is 9.87. The monoisotopic (exact) mass is 696 g/mol. The van der Waals surface area contributed by atoms with Gasteiger partial charge in [0, 0.05) is 54.7 Å². The Kier molecular flexibility index (Phi) is 12.9. The summed E-state index contributed by atoms with van der Waals surface area (Å²) in [6.45, 7) is 10.4. The van der Waals surface area contributed by atoms with Gasteiger partial charge in [0.15, 0.2) is 5.78 Å². The van der Waals surface area contributed by atoms with E-state index in [4.69, 9.17) is 0 Å². The van der Waals surface area contributed by atoms with Gasteiger partial charge in [-0.15, -0.1) is 0 Å². The van der Waals surface area contributed by atoms with Crippen molar-refractivity contribution >= 4 is 40.2 Å². The molecule has 0 radical (unpaired) electrons. The third-order valence-electron chi connectivity index (χ3n) is 11.0. The van der Waals surface area contributed by atoms with E-state index in [2.05, 4.69) is 47.7 Å². The third kappa shape index (κ3) is 9.16. The van der Waals surface area contributed by atoms with Crippen molar-refractivity contribution in [1.82, 2.24) is 20.5 Å². The van der Waals surface area contributed by atoms with E-state index in [9.17, 15) is 24.0 Å². The van der Waals surface area contributed by atoms with Crippen molar-refractivity contribution in [2.24, 2.45) is 11.8 Å². The second-order valence-electron chi connectivity index (χ2n) is 14.9. The van der Waals surface area contributed by atoms with E-state index in [1.54, 1.807) is 4.90 Å². The number of fused-ring (bicyclic) bond motifs is 2. The number of unbranched alkanes of at least 4 members (excludes halogenated alkanes) is 2. The molecule has 0 aliphatic carbocycles. The molecule has 2 saturated heterocycles. The van der Waals surface area contributed by atoms with E-state index in [0.29, 0.717) is 45.1 Å². The van der Waals surface area contributed by atoms with Crippen LogP contribution in [0.15, 0.2) is 42.5 Å². The number of aromatic nitrogens is 1. The summed E-state index contributed by atoms with van der Waals surface area (Å²) in [6, 6.07) is 11.9. The highest BCUT2D eigenvalue weighted by Crippen LogP contribution is 2.33. The molecule has 51 heavy (non-hydrogen) atoms. The molecule has 9 heteroatoms. The van der Waals surface area contributed by atoms with Gasteiger partial charge in [-0.3, -0.25) is 24.0 Å². The van der Waals surface area contributed by atoms with E-state index >= 15 is 0 Å². The van der Waals surface area contributed by atoms with Crippen LogP contribution >= 0.6 is 0 Å². The molecule has 9 nitrogen and oxygen atoms in total. The lowest BCUT2D eigenvalue weighted by Gasteiger charge is -2.39. The molecule has 5 rings (SSSR count). The number of aryl methyl sites for hydroxylation is 2. The van der Waals surface area contributed by atoms with Crippen molar-refractivity contribution in [3.8, 4) is 11.3 Å². The van der Waals surface area contributed by atoms with Crippen LogP contribution in [0.1, 0.15) is 108 Å². The Morgan fingerprint density at radius 1 is 0.922 bits per heavy atom. The number of para-hydroxylation sites is 1. The van der Waals surface area contributed by atoms with Crippen molar-refractivity contribution in [3.05, 3.63) is 59.2 Å². The molecule has 1 unspecified atom stereocenters. The maximum absolute atomic E-state index is 14.5. The molecule has 2 fully saturated rings. The topological polar surface area (TPSA) is 128 Å². The molecule has 2 aromatic carbocycles. The van der Waals surface area contributed by atoms with E-state index in [0.717, 1.165) is 64.5 Å². The minimum absolute atomic E-state index is 0.0113. The smallest absolute Gasteiger partial charge is 0.246 e. The van der Waals surface area contributed by atoms with Gasteiger partial charge in [0.2, 0.25) is 17.7 Å². The molecule has 2 aliphatic heterocycles. The summed E-state index contributed by atoms with van der Waals surface area (Å²) in [7, 11) is 0. The molecule has 3 N–H and O–H groups in total. The highest BCUT2D eigenvalue weighted by Gasteiger charge is 2.41. The van der Waals surface area contributed by atoms with E-state index in [1.165, 1.54) is 0 Å². The normalized spacial score (nSPS) is 22.5. The highest BCUT2D eigenvalue weighted by atomic mass is 16.2. The molecule has 0 saturated carbocycles. The predicted molar refractivity (Wildman–Crippen MR) is 201 cm³/mol. The Morgan fingerprint density at radius 3 is 2.39 bits per heavy atom. The van der Waals surface area contributed by atoms with Crippen LogP contribution in [0.25, 0.3) is 22.2 Å². The van der Waals surface area contributed by atoms with Gasteiger partial charge in [-0.05, 0) is 81.2 Å². The van der Waals surface area contributed by atoms with E-state index < -0.39 is 30.0 Å². The van der Waals surface area contributed by atoms with Crippen LogP contribution in [0.4, 0.5) is 0 Å². The van der Waals surface area contributed by atoms with Gasteiger partial charge in [0.1, 0.15) is 17.9 Å². The van der Waals surface area contributed by atoms with Gasteiger partial charge in [0.25, 0.3) is 0 Å². The number of ketones is 2. The molecule has 3 amide bonds. The molecular weight excluding hydrogens is 640 g/mol. The van der Waals surface area contributed by atoms with Gasteiger partial charge in [-0.1, -0.05) is 75.4 Å². The number of carbonyl (C=O) groups excluding carboxylic acids is 5. The first kappa shape index (κ1) is 38.0. The summed E-state index contributed by atoms with van der Waals surface area (Å²) in [6.07, 6.45) is 6.73. The van der Waals surface area contributed by atoms with Crippen molar-refractivity contribution in [2.45, 2.75) is 130 Å². The lowest BCUT2D eigenvalue weighted by molar-refractivity contribution is -0.147. The van der Waals surface area contributed by atoms with Gasteiger partial charge < -0.3 is 20.5 Å². The fourth-order valence-electron chi connectivity index (χ4n) is 7.90. The molecule has 0 bridgehead atoms. The number of amides is 3. The van der Waals surface area contributed by atoms with E-state index in [-0.39, 0.29) is 42.1 Å².